The molecule has 0 spiro atoms. The predicted octanol–water partition coefficient (Wildman–Crippen LogP) is 2.30. The van der Waals surface area contributed by atoms with Gasteiger partial charge >= 0.3 is 5.76 Å². The smallest absolute Gasteiger partial charge is 0.408 e. The molecule has 0 unspecified atom stereocenters. The Morgan fingerprint density at radius 3 is 2.78 bits per heavy atom. The first-order valence-corrected chi connectivity index (χ1v) is 7.43. The molecule has 0 aliphatic rings. The molecule has 0 fully saturated rings. The Hall–Kier alpha value is -2.82. The summed E-state index contributed by atoms with van der Waals surface area (Å²) < 4.78 is 6.60. The van der Waals surface area contributed by atoms with Crippen LogP contribution in [0.2, 0.25) is 0 Å². The summed E-state index contributed by atoms with van der Waals surface area (Å²) in [6, 6.07) is 13.4. The third-order valence-electron chi connectivity index (χ3n) is 3.79. The Bertz CT molecular complexity index is 921. The van der Waals surface area contributed by atoms with Crippen LogP contribution < -0.4 is 11.1 Å². The second kappa shape index (κ2) is 6.12. The number of oxazole rings is 1. The average Bonchev–Trinajstić information content (AvgIpc) is 2.80. The van der Waals surface area contributed by atoms with Crippen molar-refractivity contribution in [3.8, 4) is 0 Å². The summed E-state index contributed by atoms with van der Waals surface area (Å²) in [4.78, 5) is 23.5. The maximum Gasteiger partial charge on any atom is 0.419 e. The number of benzene rings is 2. The van der Waals surface area contributed by atoms with Crippen molar-refractivity contribution >= 4 is 17.0 Å². The van der Waals surface area contributed by atoms with Crippen LogP contribution in [0, 0.1) is 6.92 Å². The zero-order valence-corrected chi connectivity index (χ0v) is 13.1. The number of nitrogens with one attached hydrogen (secondary N) is 1. The number of fused-ring (bicyclic) bond motifs is 1. The quantitative estimate of drug-likeness (QED) is 0.804. The summed E-state index contributed by atoms with van der Waals surface area (Å²) in [6.45, 7) is 2.41. The lowest BCUT2D eigenvalue weighted by molar-refractivity contribution is -0.120. The minimum atomic E-state index is -0.388. The fourth-order valence-electron chi connectivity index (χ4n) is 2.56. The topological polar surface area (TPSA) is 64.2 Å². The second-order valence-electron chi connectivity index (χ2n) is 5.67. The van der Waals surface area contributed by atoms with Crippen molar-refractivity contribution in [2.24, 2.45) is 7.05 Å². The van der Waals surface area contributed by atoms with E-state index in [0.29, 0.717) is 18.5 Å². The molecule has 5 heteroatoms. The van der Waals surface area contributed by atoms with Crippen LogP contribution in [0.3, 0.4) is 0 Å². The van der Waals surface area contributed by atoms with E-state index in [1.807, 2.05) is 43.3 Å². The molecule has 3 rings (SSSR count). The van der Waals surface area contributed by atoms with E-state index in [0.717, 1.165) is 22.2 Å². The van der Waals surface area contributed by atoms with Crippen LogP contribution in [-0.4, -0.2) is 10.5 Å². The van der Waals surface area contributed by atoms with Crippen molar-refractivity contribution in [2.45, 2.75) is 19.9 Å². The van der Waals surface area contributed by atoms with Crippen LogP contribution in [0.1, 0.15) is 16.7 Å². The lowest BCUT2D eigenvalue weighted by Gasteiger charge is -2.06. The van der Waals surface area contributed by atoms with Crippen LogP contribution in [0.25, 0.3) is 11.1 Å². The molecule has 118 valence electrons. The molecule has 3 aromatic rings. The van der Waals surface area contributed by atoms with Gasteiger partial charge in [0.25, 0.3) is 0 Å². The summed E-state index contributed by atoms with van der Waals surface area (Å²) in [7, 11) is 1.66. The number of carbonyl (C=O) groups excluding carboxylic acids is 1. The van der Waals surface area contributed by atoms with E-state index in [-0.39, 0.29) is 11.7 Å². The molecule has 1 heterocycles. The van der Waals surface area contributed by atoms with Gasteiger partial charge in [0.15, 0.2) is 5.58 Å². The van der Waals surface area contributed by atoms with Crippen molar-refractivity contribution < 1.29 is 9.21 Å². The molecule has 23 heavy (non-hydrogen) atoms. The Labute approximate surface area is 133 Å². The number of hydrogen-bond donors (Lipinski definition) is 1. The number of amides is 1. The van der Waals surface area contributed by atoms with Crippen molar-refractivity contribution in [2.75, 3.05) is 0 Å². The molecule has 1 amide bonds. The van der Waals surface area contributed by atoms with E-state index in [1.165, 1.54) is 4.57 Å². The number of aromatic nitrogens is 1. The molecule has 1 aromatic heterocycles. The molecular formula is C18H18N2O3. The number of nitrogens with zero attached hydrogens (tertiary/aromatic N) is 1. The van der Waals surface area contributed by atoms with Gasteiger partial charge in [-0.1, -0.05) is 35.9 Å². The van der Waals surface area contributed by atoms with Gasteiger partial charge in [0.05, 0.1) is 11.9 Å². The number of rotatable bonds is 4. The summed E-state index contributed by atoms with van der Waals surface area (Å²) in [6.07, 6.45) is 0.352. The molecule has 2 aromatic carbocycles. The molecule has 0 saturated carbocycles. The zero-order valence-electron chi connectivity index (χ0n) is 13.1. The Balaban J connectivity index is 1.66. The summed E-state index contributed by atoms with van der Waals surface area (Å²) >= 11 is 0. The van der Waals surface area contributed by atoms with Crippen LogP contribution in [0.4, 0.5) is 0 Å². The van der Waals surface area contributed by atoms with E-state index < -0.39 is 0 Å². The Morgan fingerprint density at radius 1 is 1.17 bits per heavy atom. The maximum absolute atomic E-state index is 12.0. The van der Waals surface area contributed by atoms with Gasteiger partial charge in [-0.15, -0.1) is 0 Å². The van der Waals surface area contributed by atoms with Crippen LogP contribution in [0.15, 0.2) is 51.7 Å². The zero-order chi connectivity index (χ0) is 16.4. The van der Waals surface area contributed by atoms with E-state index >= 15 is 0 Å². The average molecular weight is 310 g/mol. The molecule has 1 N–H and O–H groups in total. The first kappa shape index (κ1) is 15.1. The van der Waals surface area contributed by atoms with Crippen LogP contribution >= 0.6 is 0 Å². The molecule has 0 saturated heterocycles. The van der Waals surface area contributed by atoms with Crippen molar-refractivity contribution in [1.82, 2.24) is 9.88 Å². The van der Waals surface area contributed by atoms with Gasteiger partial charge < -0.3 is 9.73 Å². The van der Waals surface area contributed by atoms with Gasteiger partial charge in [0.1, 0.15) is 0 Å². The van der Waals surface area contributed by atoms with E-state index in [9.17, 15) is 9.59 Å². The monoisotopic (exact) mass is 310 g/mol. The standard InChI is InChI=1S/C18H18N2O3/c1-12-4-3-5-13(8-12)10-17(21)19-11-14-6-7-15-16(9-14)23-18(22)20(15)2/h3-9H,10-11H2,1-2H3,(H,19,21). The second-order valence-corrected chi connectivity index (χ2v) is 5.67. The van der Waals surface area contributed by atoms with E-state index in [1.54, 1.807) is 13.1 Å². The minimum Gasteiger partial charge on any atom is -0.408 e. The predicted molar refractivity (Wildman–Crippen MR) is 88.2 cm³/mol. The molecule has 0 atom stereocenters. The maximum atomic E-state index is 12.0. The third kappa shape index (κ3) is 3.34. The first-order chi connectivity index (χ1) is 11.0. The normalized spacial score (nSPS) is 10.9. The lowest BCUT2D eigenvalue weighted by Crippen LogP contribution is -2.24. The molecule has 0 aliphatic heterocycles. The van der Waals surface area contributed by atoms with Gasteiger partial charge in [-0.3, -0.25) is 9.36 Å². The van der Waals surface area contributed by atoms with Gasteiger partial charge in [0, 0.05) is 13.6 Å². The SMILES string of the molecule is Cc1cccc(CC(=O)NCc2ccc3c(c2)oc(=O)n3C)c1. The highest BCUT2D eigenvalue weighted by Crippen LogP contribution is 2.14. The molecule has 0 bridgehead atoms. The third-order valence-corrected chi connectivity index (χ3v) is 3.79. The number of carbonyl (C=O) groups is 1. The van der Waals surface area contributed by atoms with Crippen LogP contribution in [-0.2, 0) is 24.8 Å². The van der Waals surface area contributed by atoms with Crippen molar-refractivity contribution in [1.29, 1.82) is 0 Å². The minimum absolute atomic E-state index is 0.0368. The fourth-order valence-corrected chi connectivity index (χ4v) is 2.56. The molecule has 0 radical (unpaired) electrons. The number of aryl methyl sites for hydroxylation is 2. The Kier molecular flexibility index (Phi) is 4.02. The van der Waals surface area contributed by atoms with Gasteiger partial charge in [0.2, 0.25) is 5.91 Å². The van der Waals surface area contributed by atoms with Gasteiger partial charge in [-0.05, 0) is 30.2 Å². The Morgan fingerprint density at radius 2 is 2.00 bits per heavy atom. The van der Waals surface area contributed by atoms with Crippen LogP contribution in [0.5, 0.6) is 0 Å². The molecule has 0 aliphatic carbocycles. The fraction of sp³-hybridized carbons (Fsp3) is 0.222. The van der Waals surface area contributed by atoms with Gasteiger partial charge in [-0.2, -0.15) is 0 Å². The highest BCUT2D eigenvalue weighted by Gasteiger charge is 2.08. The van der Waals surface area contributed by atoms with Crippen molar-refractivity contribution in [3.63, 3.8) is 0 Å². The van der Waals surface area contributed by atoms with Crippen molar-refractivity contribution in [3.05, 3.63) is 69.7 Å². The van der Waals surface area contributed by atoms with Gasteiger partial charge in [-0.25, -0.2) is 4.79 Å². The summed E-state index contributed by atoms with van der Waals surface area (Å²) in [5, 5.41) is 2.89. The number of hydrogen-bond acceptors (Lipinski definition) is 3. The lowest BCUT2D eigenvalue weighted by atomic mass is 10.1. The molecular weight excluding hydrogens is 292 g/mol. The van der Waals surface area contributed by atoms with E-state index in [4.69, 9.17) is 4.42 Å². The largest absolute Gasteiger partial charge is 0.419 e. The van der Waals surface area contributed by atoms with E-state index in [2.05, 4.69) is 5.32 Å². The summed E-state index contributed by atoms with van der Waals surface area (Å²) in [5.74, 6) is -0.425. The highest BCUT2D eigenvalue weighted by molar-refractivity contribution is 5.79. The highest BCUT2D eigenvalue weighted by atomic mass is 16.4. The first-order valence-electron chi connectivity index (χ1n) is 7.43. The molecule has 5 nitrogen and oxygen atoms in total. The summed E-state index contributed by atoms with van der Waals surface area (Å²) in [5.41, 5.74) is 4.30.